The topological polar surface area (TPSA) is 79.3 Å². The molecule has 6 heteroatoms. The summed E-state index contributed by atoms with van der Waals surface area (Å²) in [5.74, 6) is -1.33. The van der Waals surface area contributed by atoms with E-state index >= 15 is 0 Å². The Labute approximate surface area is 120 Å². The molecule has 0 fully saturated rings. The molecular weight excluding hydrogens is 280 g/mol. The third-order valence-electron chi connectivity index (χ3n) is 2.64. The van der Waals surface area contributed by atoms with Crippen LogP contribution < -0.4 is 5.32 Å². The number of halogens is 1. The number of carboxylic acids is 1. The molecule has 2 aromatic rings. The monoisotopic (exact) mass is 290 g/mol. The summed E-state index contributed by atoms with van der Waals surface area (Å²) in [6, 6.07) is 9.29. The molecule has 0 bridgehead atoms. The van der Waals surface area contributed by atoms with Gasteiger partial charge >= 0.3 is 5.97 Å². The first-order valence-electron chi connectivity index (χ1n) is 5.75. The van der Waals surface area contributed by atoms with Gasteiger partial charge in [-0.2, -0.15) is 0 Å². The van der Waals surface area contributed by atoms with Crippen molar-refractivity contribution in [1.29, 1.82) is 0 Å². The first kappa shape index (κ1) is 14.0. The Morgan fingerprint density at radius 1 is 1.25 bits per heavy atom. The van der Waals surface area contributed by atoms with Gasteiger partial charge in [0.15, 0.2) is 5.69 Å². The second-order valence-electron chi connectivity index (χ2n) is 4.13. The number of hydrogen-bond acceptors (Lipinski definition) is 3. The van der Waals surface area contributed by atoms with Gasteiger partial charge in [-0.15, -0.1) is 0 Å². The molecule has 1 amide bonds. The van der Waals surface area contributed by atoms with Gasteiger partial charge in [-0.3, -0.25) is 4.79 Å². The average Bonchev–Trinajstić information content (AvgIpc) is 2.38. The predicted octanol–water partition coefficient (Wildman–Crippen LogP) is 2.99. The molecule has 0 spiro atoms. The minimum Gasteiger partial charge on any atom is -0.477 e. The number of aryl methyl sites for hydroxylation is 1. The lowest BCUT2D eigenvalue weighted by atomic mass is 10.1. The standard InChI is InChI=1S/C14H11ClN2O3/c1-8-7-9(15)5-6-10(8)13(18)17-12-4-2-3-11(16-12)14(19)20/h2-7H,1H3,(H,19,20)(H,16,17,18). The van der Waals surface area contributed by atoms with E-state index in [9.17, 15) is 9.59 Å². The SMILES string of the molecule is Cc1cc(Cl)ccc1C(=O)Nc1cccc(C(=O)O)n1. The maximum Gasteiger partial charge on any atom is 0.354 e. The summed E-state index contributed by atoms with van der Waals surface area (Å²) < 4.78 is 0. The van der Waals surface area contributed by atoms with Crippen molar-refractivity contribution in [2.75, 3.05) is 5.32 Å². The molecule has 0 unspecified atom stereocenters. The van der Waals surface area contributed by atoms with Crippen molar-refractivity contribution in [1.82, 2.24) is 4.98 Å². The summed E-state index contributed by atoms with van der Waals surface area (Å²) in [6.45, 7) is 1.77. The molecule has 2 rings (SSSR count). The molecule has 1 aromatic heterocycles. The van der Waals surface area contributed by atoms with E-state index in [1.165, 1.54) is 18.2 Å². The zero-order valence-corrected chi connectivity index (χ0v) is 11.3. The quantitative estimate of drug-likeness (QED) is 0.911. The van der Waals surface area contributed by atoms with Crippen LogP contribution >= 0.6 is 11.6 Å². The summed E-state index contributed by atoms with van der Waals surface area (Å²) in [6.07, 6.45) is 0. The molecular formula is C14H11ClN2O3. The van der Waals surface area contributed by atoms with E-state index in [1.54, 1.807) is 25.1 Å². The van der Waals surface area contributed by atoms with Crippen molar-refractivity contribution in [3.63, 3.8) is 0 Å². The Balaban J connectivity index is 2.23. The minimum absolute atomic E-state index is 0.129. The van der Waals surface area contributed by atoms with E-state index in [4.69, 9.17) is 16.7 Å². The molecule has 1 heterocycles. The van der Waals surface area contributed by atoms with Crippen molar-refractivity contribution in [2.45, 2.75) is 6.92 Å². The number of nitrogens with one attached hydrogen (secondary N) is 1. The van der Waals surface area contributed by atoms with Crippen LogP contribution in [0.5, 0.6) is 0 Å². The van der Waals surface area contributed by atoms with Gasteiger partial charge in [-0.1, -0.05) is 17.7 Å². The molecule has 0 radical (unpaired) electrons. The number of carboxylic acid groups (broad SMARTS) is 1. The minimum atomic E-state index is -1.15. The molecule has 5 nitrogen and oxygen atoms in total. The number of benzene rings is 1. The molecule has 0 aliphatic rings. The van der Waals surface area contributed by atoms with E-state index in [-0.39, 0.29) is 17.4 Å². The summed E-state index contributed by atoms with van der Waals surface area (Å²) >= 11 is 5.83. The number of aromatic nitrogens is 1. The Hall–Kier alpha value is -2.40. The van der Waals surface area contributed by atoms with Crippen LogP contribution in [-0.2, 0) is 0 Å². The van der Waals surface area contributed by atoms with Gasteiger partial charge in [-0.05, 0) is 42.8 Å². The van der Waals surface area contributed by atoms with E-state index in [0.29, 0.717) is 10.6 Å². The van der Waals surface area contributed by atoms with Crippen LogP contribution in [0.1, 0.15) is 26.4 Å². The molecule has 0 saturated heterocycles. The third-order valence-corrected chi connectivity index (χ3v) is 2.88. The van der Waals surface area contributed by atoms with E-state index in [1.807, 2.05) is 0 Å². The Morgan fingerprint density at radius 2 is 2.00 bits per heavy atom. The van der Waals surface area contributed by atoms with Crippen molar-refractivity contribution < 1.29 is 14.7 Å². The van der Waals surface area contributed by atoms with Gasteiger partial charge in [0.05, 0.1) is 0 Å². The summed E-state index contributed by atoms with van der Waals surface area (Å²) in [5, 5.41) is 11.9. The molecule has 0 aliphatic heterocycles. The molecule has 0 saturated carbocycles. The molecule has 20 heavy (non-hydrogen) atoms. The van der Waals surface area contributed by atoms with Crippen molar-refractivity contribution >= 4 is 29.3 Å². The first-order chi connectivity index (χ1) is 9.47. The highest BCUT2D eigenvalue weighted by Gasteiger charge is 2.11. The second kappa shape index (κ2) is 5.71. The predicted molar refractivity (Wildman–Crippen MR) is 75.3 cm³/mol. The number of pyridine rings is 1. The lowest BCUT2D eigenvalue weighted by molar-refractivity contribution is 0.0690. The van der Waals surface area contributed by atoms with E-state index in [0.717, 1.165) is 5.56 Å². The van der Waals surface area contributed by atoms with Crippen LogP contribution in [0.25, 0.3) is 0 Å². The molecule has 2 N–H and O–H groups in total. The number of amides is 1. The van der Waals surface area contributed by atoms with Gasteiger partial charge in [0.1, 0.15) is 5.82 Å². The number of anilines is 1. The normalized spacial score (nSPS) is 10.1. The average molecular weight is 291 g/mol. The van der Waals surface area contributed by atoms with Crippen LogP contribution in [0.4, 0.5) is 5.82 Å². The van der Waals surface area contributed by atoms with E-state index < -0.39 is 5.97 Å². The molecule has 0 aliphatic carbocycles. The van der Waals surface area contributed by atoms with Gasteiger partial charge < -0.3 is 10.4 Å². The maximum absolute atomic E-state index is 12.1. The Morgan fingerprint density at radius 3 is 2.65 bits per heavy atom. The van der Waals surface area contributed by atoms with Crippen molar-refractivity contribution in [2.24, 2.45) is 0 Å². The van der Waals surface area contributed by atoms with Gasteiger partial charge in [0.25, 0.3) is 5.91 Å². The zero-order chi connectivity index (χ0) is 14.7. The Kier molecular flexibility index (Phi) is 4.00. The smallest absolute Gasteiger partial charge is 0.354 e. The van der Waals surface area contributed by atoms with Crippen LogP contribution in [0.15, 0.2) is 36.4 Å². The summed E-state index contributed by atoms with van der Waals surface area (Å²) in [4.78, 5) is 26.7. The number of rotatable bonds is 3. The van der Waals surface area contributed by atoms with Crippen LogP contribution in [0, 0.1) is 6.92 Å². The molecule has 102 valence electrons. The number of aromatic carboxylic acids is 1. The van der Waals surface area contributed by atoms with Gasteiger partial charge in [0, 0.05) is 10.6 Å². The largest absolute Gasteiger partial charge is 0.477 e. The highest BCUT2D eigenvalue weighted by Crippen LogP contribution is 2.16. The zero-order valence-electron chi connectivity index (χ0n) is 10.6. The fourth-order valence-corrected chi connectivity index (χ4v) is 1.92. The van der Waals surface area contributed by atoms with Crippen molar-refractivity contribution in [3.05, 3.63) is 58.2 Å². The lowest BCUT2D eigenvalue weighted by Gasteiger charge is -2.07. The molecule has 1 aromatic carbocycles. The number of carbonyl (C=O) groups excluding carboxylic acids is 1. The third kappa shape index (κ3) is 3.13. The van der Waals surface area contributed by atoms with Gasteiger partial charge in [0.2, 0.25) is 0 Å². The van der Waals surface area contributed by atoms with Crippen molar-refractivity contribution in [3.8, 4) is 0 Å². The van der Waals surface area contributed by atoms with E-state index in [2.05, 4.69) is 10.3 Å². The number of hydrogen-bond donors (Lipinski definition) is 2. The van der Waals surface area contributed by atoms with Gasteiger partial charge in [-0.25, -0.2) is 9.78 Å². The summed E-state index contributed by atoms with van der Waals surface area (Å²) in [7, 11) is 0. The summed E-state index contributed by atoms with van der Waals surface area (Å²) in [5.41, 5.74) is 1.05. The fourth-order valence-electron chi connectivity index (χ4n) is 1.69. The highest BCUT2D eigenvalue weighted by molar-refractivity contribution is 6.30. The lowest BCUT2D eigenvalue weighted by Crippen LogP contribution is -2.15. The Bertz CT molecular complexity index is 686. The van der Waals surface area contributed by atoms with Crippen LogP contribution in [0.2, 0.25) is 5.02 Å². The first-order valence-corrected chi connectivity index (χ1v) is 6.13. The molecule has 0 atom stereocenters. The maximum atomic E-state index is 12.1. The van der Waals surface area contributed by atoms with Crippen LogP contribution in [0.3, 0.4) is 0 Å². The van der Waals surface area contributed by atoms with Crippen LogP contribution in [-0.4, -0.2) is 22.0 Å². The number of carbonyl (C=O) groups is 2. The fraction of sp³-hybridized carbons (Fsp3) is 0.0714. The highest BCUT2D eigenvalue weighted by atomic mass is 35.5. The second-order valence-corrected chi connectivity index (χ2v) is 4.56. The number of nitrogens with zero attached hydrogens (tertiary/aromatic N) is 1.